The Balaban J connectivity index is 2.18. The Bertz CT molecular complexity index is 776. The van der Waals surface area contributed by atoms with Crippen LogP contribution in [0.1, 0.15) is 12.5 Å². The van der Waals surface area contributed by atoms with Crippen LogP contribution in [0.25, 0.3) is 11.0 Å². The van der Waals surface area contributed by atoms with Crippen molar-refractivity contribution in [3.05, 3.63) is 26.5 Å². The minimum atomic E-state index is -2.90. The third-order valence-electron chi connectivity index (χ3n) is 3.25. The van der Waals surface area contributed by atoms with Gasteiger partial charge in [-0.2, -0.15) is 0 Å². The van der Waals surface area contributed by atoms with E-state index in [2.05, 4.69) is 27.6 Å². The number of halogens is 1. The van der Waals surface area contributed by atoms with Gasteiger partial charge in [0, 0.05) is 3.57 Å². The van der Waals surface area contributed by atoms with E-state index in [0.717, 1.165) is 14.6 Å². The molecule has 0 radical (unpaired) electrons. The SMILES string of the molecule is O=S1(=O)CCC(n2c(=S)[nH]c3cc(I)ccc32)C1. The molecule has 0 bridgehead atoms. The first-order chi connectivity index (χ1) is 8.46. The average Bonchev–Trinajstić information content (AvgIpc) is 2.77. The second kappa shape index (κ2) is 4.31. The maximum absolute atomic E-state index is 11.6. The number of hydrogen-bond donors (Lipinski definition) is 1. The first-order valence-corrected chi connectivity index (χ1v) is 8.87. The molecule has 0 saturated carbocycles. The van der Waals surface area contributed by atoms with Gasteiger partial charge < -0.3 is 9.55 Å². The summed E-state index contributed by atoms with van der Waals surface area (Å²) in [6.45, 7) is 0. The van der Waals surface area contributed by atoms with Crippen LogP contribution in [0.5, 0.6) is 0 Å². The summed E-state index contributed by atoms with van der Waals surface area (Å²) in [5, 5.41) is 0. The van der Waals surface area contributed by atoms with E-state index in [-0.39, 0.29) is 17.5 Å². The van der Waals surface area contributed by atoms with E-state index in [4.69, 9.17) is 12.2 Å². The lowest BCUT2D eigenvalue weighted by molar-refractivity contribution is 0.563. The van der Waals surface area contributed by atoms with Gasteiger partial charge in [0.1, 0.15) is 0 Å². The highest BCUT2D eigenvalue weighted by molar-refractivity contribution is 14.1. The number of H-pyrrole nitrogens is 1. The molecule has 1 N–H and O–H groups in total. The molecule has 3 rings (SSSR count). The zero-order chi connectivity index (χ0) is 12.9. The zero-order valence-electron chi connectivity index (χ0n) is 9.39. The highest BCUT2D eigenvalue weighted by atomic mass is 127. The van der Waals surface area contributed by atoms with E-state index in [1.54, 1.807) is 0 Å². The summed E-state index contributed by atoms with van der Waals surface area (Å²) in [5.41, 5.74) is 1.96. The fourth-order valence-electron chi connectivity index (χ4n) is 2.44. The number of imidazole rings is 1. The molecule has 2 aromatic rings. The first-order valence-electron chi connectivity index (χ1n) is 5.56. The predicted molar refractivity (Wildman–Crippen MR) is 82.1 cm³/mol. The summed E-state index contributed by atoms with van der Waals surface area (Å²) in [6, 6.07) is 5.99. The van der Waals surface area contributed by atoms with Gasteiger partial charge >= 0.3 is 0 Å². The van der Waals surface area contributed by atoms with Gasteiger partial charge in [0.15, 0.2) is 14.6 Å². The summed E-state index contributed by atoms with van der Waals surface area (Å²) in [5.74, 6) is 0.455. The van der Waals surface area contributed by atoms with Crippen molar-refractivity contribution in [3.63, 3.8) is 0 Å². The lowest BCUT2D eigenvalue weighted by atomic mass is 10.2. The predicted octanol–water partition coefficient (Wildman–Crippen LogP) is 2.66. The molecule has 1 aliphatic heterocycles. The van der Waals surface area contributed by atoms with Crippen molar-refractivity contribution in [1.29, 1.82) is 0 Å². The van der Waals surface area contributed by atoms with Crippen molar-refractivity contribution in [1.82, 2.24) is 9.55 Å². The van der Waals surface area contributed by atoms with Crippen LogP contribution in [0.15, 0.2) is 18.2 Å². The van der Waals surface area contributed by atoms with Crippen molar-refractivity contribution in [2.75, 3.05) is 11.5 Å². The van der Waals surface area contributed by atoms with Crippen LogP contribution in [0.3, 0.4) is 0 Å². The molecule has 96 valence electrons. The number of rotatable bonds is 1. The molecule has 1 aromatic heterocycles. The molecular formula is C11H11IN2O2S2. The van der Waals surface area contributed by atoms with Gasteiger partial charge in [0.05, 0.1) is 28.6 Å². The van der Waals surface area contributed by atoms with Crippen LogP contribution >= 0.6 is 34.8 Å². The zero-order valence-corrected chi connectivity index (χ0v) is 13.2. The van der Waals surface area contributed by atoms with Gasteiger partial charge in [-0.05, 0) is 59.4 Å². The molecule has 1 unspecified atom stereocenters. The molecule has 2 heterocycles. The number of nitrogens with zero attached hydrogens (tertiary/aromatic N) is 1. The van der Waals surface area contributed by atoms with Crippen molar-refractivity contribution in [3.8, 4) is 0 Å². The van der Waals surface area contributed by atoms with E-state index in [1.807, 2.05) is 22.8 Å². The van der Waals surface area contributed by atoms with Crippen molar-refractivity contribution in [2.24, 2.45) is 0 Å². The number of fused-ring (bicyclic) bond motifs is 1. The first kappa shape index (κ1) is 12.6. The number of aromatic amines is 1. The molecule has 18 heavy (non-hydrogen) atoms. The quantitative estimate of drug-likeness (QED) is 0.598. The highest BCUT2D eigenvalue weighted by Gasteiger charge is 2.30. The van der Waals surface area contributed by atoms with Crippen molar-refractivity contribution < 1.29 is 8.42 Å². The number of sulfone groups is 1. The average molecular weight is 394 g/mol. The molecule has 1 aliphatic rings. The molecule has 1 fully saturated rings. The Morgan fingerprint density at radius 3 is 2.89 bits per heavy atom. The maximum Gasteiger partial charge on any atom is 0.178 e. The Hall–Kier alpha value is -0.410. The Kier molecular flexibility index (Phi) is 3.02. The fraction of sp³-hybridized carbons (Fsp3) is 0.364. The van der Waals surface area contributed by atoms with E-state index < -0.39 is 9.84 Å². The molecule has 0 aliphatic carbocycles. The minimum absolute atomic E-state index is 0.0312. The smallest absolute Gasteiger partial charge is 0.178 e. The lowest BCUT2D eigenvalue weighted by Gasteiger charge is -2.11. The van der Waals surface area contributed by atoms with E-state index >= 15 is 0 Å². The van der Waals surface area contributed by atoms with E-state index in [1.165, 1.54) is 0 Å². The van der Waals surface area contributed by atoms with Crippen molar-refractivity contribution >= 4 is 55.7 Å². The number of benzene rings is 1. The summed E-state index contributed by atoms with van der Waals surface area (Å²) in [6.07, 6.45) is 0.648. The Morgan fingerprint density at radius 2 is 2.22 bits per heavy atom. The van der Waals surface area contributed by atoms with Crippen molar-refractivity contribution in [2.45, 2.75) is 12.5 Å². The van der Waals surface area contributed by atoms with Gasteiger partial charge in [0.2, 0.25) is 0 Å². The van der Waals surface area contributed by atoms with Crippen LogP contribution < -0.4 is 0 Å². The van der Waals surface area contributed by atoms with Gasteiger partial charge in [-0.1, -0.05) is 0 Å². The molecular weight excluding hydrogens is 383 g/mol. The lowest BCUT2D eigenvalue weighted by Crippen LogP contribution is -2.10. The third kappa shape index (κ3) is 2.12. The molecule has 0 amide bonds. The monoisotopic (exact) mass is 394 g/mol. The second-order valence-electron chi connectivity index (χ2n) is 4.52. The fourth-order valence-corrected chi connectivity index (χ4v) is 4.99. The number of nitrogens with one attached hydrogen (secondary N) is 1. The molecule has 1 atom stereocenters. The normalized spacial score (nSPS) is 22.6. The van der Waals surface area contributed by atoms with Gasteiger partial charge in [-0.15, -0.1) is 0 Å². The standard InChI is InChI=1S/C11H11IN2O2S2/c12-7-1-2-10-9(5-7)13-11(17)14(10)8-3-4-18(15,16)6-8/h1-2,5,8H,3-4,6H2,(H,13,17). The number of hydrogen-bond acceptors (Lipinski definition) is 3. The highest BCUT2D eigenvalue weighted by Crippen LogP contribution is 2.28. The third-order valence-corrected chi connectivity index (χ3v) is 5.97. The van der Waals surface area contributed by atoms with E-state index in [0.29, 0.717) is 11.2 Å². The molecule has 7 heteroatoms. The second-order valence-corrected chi connectivity index (χ2v) is 8.38. The molecule has 1 saturated heterocycles. The molecule has 1 aromatic carbocycles. The summed E-state index contributed by atoms with van der Waals surface area (Å²) >= 11 is 7.56. The van der Waals surface area contributed by atoms with Gasteiger partial charge in [-0.25, -0.2) is 8.42 Å². The maximum atomic E-state index is 11.6. The minimum Gasteiger partial charge on any atom is -0.331 e. The van der Waals surface area contributed by atoms with Crippen LogP contribution in [-0.4, -0.2) is 29.5 Å². The topological polar surface area (TPSA) is 54.9 Å². The van der Waals surface area contributed by atoms with Crippen LogP contribution in [0.4, 0.5) is 0 Å². The van der Waals surface area contributed by atoms with Crippen LogP contribution in [0.2, 0.25) is 0 Å². The van der Waals surface area contributed by atoms with Gasteiger partial charge in [-0.3, -0.25) is 0 Å². The Morgan fingerprint density at radius 1 is 1.44 bits per heavy atom. The largest absolute Gasteiger partial charge is 0.331 e. The Labute approximate surface area is 123 Å². The number of aromatic nitrogens is 2. The van der Waals surface area contributed by atoms with E-state index in [9.17, 15) is 8.42 Å². The van der Waals surface area contributed by atoms with Crippen LogP contribution in [0, 0.1) is 8.34 Å². The summed E-state index contributed by atoms with van der Waals surface area (Å²) < 4.78 is 26.8. The molecule has 4 nitrogen and oxygen atoms in total. The molecule has 0 spiro atoms. The summed E-state index contributed by atoms with van der Waals surface area (Å²) in [4.78, 5) is 3.15. The summed E-state index contributed by atoms with van der Waals surface area (Å²) in [7, 11) is -2.90. The van der Waals surface area contributed by atoms with Gasteiger partial charge in [0.25, 0.3) is 0 Å². The van der Waals surface area contributed by atoms with Crippen LogP contribution in [-0.2, 0) is 9.84 Å².